The number of hydrogen-bond donors (Lipinski definition) is 1. The second-order valence-electron chi connectivity index (χ2n) is 10.4. The molecule has 32 heavy (non-hydrogen) atoms. The van der Waals surface area contributed by atoms with Gasteiger partial charge in [0.2, 0.25) is 0 Å². The molecule has 0 spiro atoms. The summed E-state index contributed by atoms with van der Waals surface area (Å²) in [7, 11) is 2.26. The van der Waals surface area contributed by atoms with E-state index in [0.717, 1.165) is 64.6 Å². The minimum Gasteiger partial charge on any atom is -0.376 e. The van der Waals surface area contributed by atoms with Crippen LogP contribution in [0.4, 0.5) is 0 Å². The molecule has 1 atom stereocenters. The zero-order valence-electron chi connectivity index (χ0n) is 20.7. The van der Waals surface area contributed by atoms with Crippen LogP contribution in [0, 0.1) is 0 Å². The van der Waals surface area contributed by atoms with Crippen LogP contribution >= 0.6 is 0 Å². The van der Waals surface area contributed by atoms with Crippen molar-refractivity contribution in [1.29, 1.82) is 0 Å². The molecule has 0 amide bonds. The molecule has 4 aliphatic rings. The quantitative estimate of drug-likeness (QED) is 0.476. The fourth-order valence-corrected chi connectivity index (χ4v) is 5.88. The number of likely N-dealkylation sites (tertiary alicyclic amines) is 3. The number of piperidine rings is 3. The van der Waals surface area contributed by atoms with Gasteiger partial charge < -0.3 is 24.6 Å². The van der Waals surface area contributed by atoms with Crippen molar-refractivity contribution < 1.29 is 9.47 Å². The molecule has 0 saturated carbocycles. The van der Waals surface area contributed by atoms with Crippen LogP contribution in [0.1, 0.15) is 64.7 Å². The van der Waals surface area contributed by atoms with Crippen LogP contribution in [-0.4, -0.2) is 111 Å². The zero-order valence-corrected chi connectivity index (χ0v) is 20.7. The molecule has 4 fully saturated rings. The standard InChI is InChI=1S/C25H47N5O2/c1-3-26-24(29-15-9-22(10-16-29)32-20-23-8-7-19-31-23)27-21-25(11-17-28(2)18-12-25)30-13-5-4-6-14-30/h22-23H,3-21H2,1-2H3,(H,26,27). The van der Waals surface area contributed by atoms with Crippen molar-refractivity contribution in [3.8, 4) is 0 Å². The highest BCUT2D eigenvalue weighted by molar-refractivity contribution is 5.80. The molecular formula is C25H47N5O2. The van der Waals surface area contributed by atoms with Gasteiger partial charge in [0.15, 0.2) is 5.96 Å². The van der Waals surface area contributed by atoms with Gasteiger partial charge in [0.05, 0.1) is 25.4 Å². The van der Waals surface area contributed by atoms with Crippen LogP contribution in [0.2, 0.25) is 0 Å². The number of ether oxygens (including phenoxy) is 2. The fraction of sp³-hybridized carbons (Fsp3) is 0.960. The maximum atomic E-state index is 6.19. The second-order valence-corrected chi connectivity index (χ2v) is 10.4. The Morgan fingerprint density at radius 2 is 1.75 bits per heavy atom. The Bertz CT molecular complexity index is 573. The number of hydrogen-bond acceptors (Lipinski definition) is 5. The van der Waals surface area contributed by atoms with Gasteiger partial charge >= 0.3 is 0 Å². The van der Waals surface area contributed by atoms with E-state index in [-0.39, 0.29) is 5.54 Å². The molecular weight excluding hydrogens is 402 g/mol. The van der Waals surface area contributed by atoms with Crippen molar-refractivity contribution in [2.45, 2.75) is 82.5 Å². The van der Waals surface area contributed by atoms with Crippen molar-refractivity contribution in [3.63, 3.8) is 0 Å². The van der Waals surface area contributed by atoms with Gasteiger partial charge in [-0.2, -0.15) is 0 Å². The van der Waals surface area contributed by atoms with E-state index in [9.17, 15) is 0 Å². The number of rotatable bonds is 7. The van der Waals surface area contributed by atoms with Crippen LogP contribution in [0.3, 0.4) is 0 Å². The van der Waals surface area contributed by atoms with E-state index >= 15 is 0 Å². The summed E-state index contributed by atoms with van der Waals surface area (Å²) >= 11 is 0. The van der Waals surface area contributed by atoms with E-state index in [1.807, 2.05) is 0 Å². The number of guanidine groups is 1. The number of nitrogens with one attached hydrogen (secondary N) is 1. The third kappa shape index (κ3) is 6.37. The summed E-state index contributed by atoms with van der Waals surface area (Å²) in [5.74, 6) is 1.11. The van der Waals surface area contributed by atoms with Crippen LogP contribution in [0.25, 0.3) is 0 Å². The highest BCUT2D eigenvalue weighted by atomic mass is 16.5. The Morgan fingerprint density at radius 1 is 1.00 bits per heavy atom. The van der Waals surface area contributed by atoms with E-state index in [2.05, 4.69) is 34.0 Å². The zero-order chi connectivity index (χ0) is 22.2. The maximum Gasteiger partial charge on any atom is 0.193 e. The summed E-state index contributed by atoms with van der Waals surface area (Å²) in [6.07, 6.45) is 11.8. The molecule has 0 bridgehead atoms. The van der Waals surface area contributed by atoms with Gasteiger partial charge in [-0.15, -0.1) is 0 Å². The smallest absolute Gasteiger partial charge is 0.193 e. The third-order valence-electron chi connectivity index (χ3n) is 8.09. The second kappa shape index (κ2) is 12.0. The molecule has 7 heteroatoms. The molecule has 1 unspecified atom stereocenters. The molecule has 0 aromatic carbocycles. The normalized spacial score (nSPS) is 28.9. The predicted octanol–water partition coefficient (Wildman–Crippen LogP) is 2.56. The molecule has 0 radical (unpaired) electrons. The highest BCUT2D eigenvalue weighted by Gasteiger charge is 2.39. The van der Waals surface area contributed by atoms with E-state index in [1.54, 1.807) is 0 Å². The Balaban J connectivity index is 1.34. The fourth-order valence-electron chi connectivity index (χ4n) is 5.88. The van der Waals surface area contributed by atoms with E-state index in [0.29, 0.717) is 12.2 Å². The lowest BCUT2D eigenvalue weighted by Crippen LogP contribution is -2.58. The van der Waals surface area contributed by atoms with Gasteiger partial charge in [-0.3, -0.25) is 9.89 Å². The SMILES string of the molecule is CCNC(=NCC1(N2CCCCC2)CCN(C)CC1)N1CCC(OCC2CCCO2)CC1. The lowest BCUT2D eigenvalue weighted by Gasteiger charge is -2.49. The predicted molar refractivity (Wildman–Crippen MR) is 130 cm³/mol. The highest BCUT2D eigenvalue weighted by Crippen LogP contribution is 2.32. The van der Waals surface area contributed by atoms with Crippen molar-refractivity contribution >= 4 is 5.96 Å². The molecule has 4 saturated heterocycles. The average molecular weight is 450 g/mol. The van der Waals surface area contributed by atoms with Gasteiger partial charge in [-0.05, 0) is 91.5 Å². The van der Waals surface area contributed by atoms with Crippen molar-refractivity contribution in [2.24, 2.45) is 4.99 Å². The Hall–Kier alpha value is -0.890. The Kier molecular flexibility index (Phi) is 9.09. The lowest BCUT2D eigenvalue weighted by molar-refractivity contribution is -0.0367. The summed E-state index contributed by atoms with van der Waals surface area (Å²) in [4.78, 5) is 13.0. The molecule has 4 aliphatic heterocycles. The van der Waals surface area contributed by atoms with Gasteiger partial charge in [0, 0.05) is 31.8 Å². The largest absolute Gasteiger partial charge is 0.376 e. The first-order chi connectivity index (χ1) is 15.7. The monoisotopic (exact) mass is 449 g/mol. The molecule has 4 heterocycles. The van der Waals surface area contributed by atoms with Crippen LogP contribution in [-0.2, 0) is 9.47 Å². The summed E-state index contributed by atoms with van der Waals surface area (Å²) in [5, 5.41) is 3.60. The van der Waals surface area contributed by atoms with E-state index in [1.165, 1.54) is 64.7 Å². The molecule has 184 valence electrons. The summed E-state index contributed by atoms with van der Waals surface area (Å²) in [6.45, 7) is 12.7. The summed E-state index contributed by atoms with van der Waals surface area (Å²) < 4.78 is 11.9. The average Bonchev–Trinajstić information content (AvgIpc) is 3.36. The summed E-state index contributed by atoms with van der Waals surface area (Å²) in [6, 6.07) is 0. The van der Waals surface area contributed by atoms with Crippen molar-refractivity contribution in [2.75, 3.05) is 72.6 Å². The maximum absolute atomic E-state index is 6.19. The number of aliphatic imine (C=N–C) groups is 1. The van der Waals surface area contributed by atoms with E-state index < -0.39 is 0 Å². The summed E-state index contributed by atoms with van der Waals surface area (Å²) in [5.41, 5.74) is 0.246. The molecule has 1 N–H and O–H groups in total. The van der Waals surface area contributed by atoms with Gasteiger partial charge in [-0.25, -0.2) is 0 Å². The molecule has 7 nitrogen and oxygen atoms in total. The topological polar surface area (TPSA) is 52.6 Å². The van der Waals surface area contributed by atoms with Crippen LogP contribution in [0.5, 0.6) is 0 Å². The third-order valence-corrected chi connectivity index (χ3v) is 8.09. The van der Waals surface area contributed by atoms with Crippen molar-refractivity contribution in [1.82, 2.24) is 20.0 Å². The first kappa shape index (κ1) is 24.2. The van der Waals surface area contributed by atoms with Crippen LogP contribution < -0.4 is 5.32 Å². The lowest BCUT2D eigenvalue weighted by atomic mass is 9.84. The van der Waals surface area contributed by atoms with E-state index in [4.69, 9.17) is 14.5 Å². The Morgan fingerprint density at radius 3 is 2.41 bits per heavy atom. The minimum atomic E-state index is 0.246. The molecule has 0 aliphatic carbocycles. The van der Waals surface area contributed by atoms with Gasteiger partial charge in [0.1, 0.15) is 0 Å². The minimum absolute atomic E-state index is 0.246. The molecule has 0 aromatic rings. The molecule has 4 rings (SSSR count). The van der Waals surface area contributed by atoms with Crippen LogP contribution in [0.15, 0.2) is 4.99 Å². The first-order valence-electron chi connectivity index (χ1n) is 13.4. The first-order valence-corrected chi connectivity index (χ1v) is 13.4. The van der Waals surface area contributed by atoms with Gasteiger partial charge in [0.25, 0.3) is 0 Å². The Labute approximate surface area is 195 Å². The molecule has 0 aromatic heterocycles. The number of nitrogens with zero attached hydrogens (tertiary/aromatic N) is 4. The van der Waals surface area contributed by atoms with Crippen molar-refractivity contribution in [3.05, 3.63) is 0 Å². The van der Waals surface area contributed by atoms with Gasteiger partial charge in [-0.1, -0.05) is 6.42 Å².